The molecule has 0 radical (unpaired) electrons. The van der Waals surface area contributed by atoms with Gasteiger partial charge in [-0.1, -0.05) is 23.7 Å². The molecule has 0 amide bonds. The summed E-state index contributed by atoms with van der Waals surface area (Å²) in [5.41, 5.74) is 4.39. The molecule has 1 aliphatic rings. The van der Waals surface area contributed by atoms with Crippen LogP contribution in [0.2, 0.25) is 5.02 Å². The molecule has 4 heteroatoms. The van der Waals surface area contributed by atoms with Crippen LogP contribution in [-0.2, 0) is 12.8 Å². The van der Waals surface area contributed by atoms with Gasteiger partial charge < -0.3 is 4.74 Å². The van der Waals surface area contributed by atoms with Crippen LogP contribution in [0.4, 0.5) is 0 Å². The van der Waals surface area contributed by atoms with E-state index < -0.39 is 0 Å². The topological polar surface area (TPSA) is 22.1 Å². The van der Waals surface area contributed by atoms with Crippen molar-refractivity contribution < 1.29 is 4.74 Å². The average Bonchev–Trinajstić information content (AvgIpc) is 2.89. The summed E-state index contributed by atoms with van der Waals surface area (Å²) in [5.74, 6) is 0.737. The molecular weight excluding hydrogens is 326 g/mol. The molecule has 0 N–H and O–H groups in total. The van der Waals surface area contributed by atoms with Crippen LogP contribution in [0, 0.1) is 0 Å². The molecule has 0 unspecified atom stereocenters. The number of fused-ring (bicyclic) bond motifs is 1. The van der Waals surface area contributed by atoms with Crippen LogP contribution in [0.3, 0.4) is 0 Å². The van der Waals surface area contributed by atoms with E-state index in [1.165, 1.54) is 17.5 Å². The summed E-state index contributed by atoms with van der Waals surface area (Å²) in [4.78, 5) is 4.61. The minimum absolute atomic E-state index is 0.690. The van der Waals surface area contributed by atoms with Gasteiger partial charge in [0.25, 0.3) is 0 Å². The van der Waals surface area contributed by atoms with Gasteiger partial charge in [-0.3, -0.25) is 0 Å². The van der Waals surface area contributed by atoms with Gasteiger partial charge >= 0.3 is 0 Å². The summed E-state index contributed by atoms with van der Waals surface area (Å²) in [7, 11) is 1.67. The number of hydrogen-bond acceptors (Lipinski definition) is 2. The number of methoxy groups -OCH3 is 1. The van der Waals surface area contributed by atoms with Crippen molar-refractivity contribution in [2.45, 2.75) is 19.3 Å². The summed E-state index contributed by atoms with van der Waals surface area (Å²) in [6, 6.07) is 8.01. The smallest absolute Gasteiger partial charge is 0.217 e. The van der Waals surface area contributed by atoms with Crippen LogP contribution in [0.5, 0.6) is 5.88 Å². The molecule has 1 heterocycles. The number of ether oxygens (including phenoxy) is 1. The van der Waals surface area contributed by atoms with E-state index in [4.69, 9.17) is 16.3 Å². The summed E-state index contributed by atoms with van der Waals surface area (Å²) in [6.07, 6.45) is 3.31. The van der Waals surface area contributed by atoms with E-state index in [2.05, 4.69) is 27.0 Å². The monoisotopic (exact) mass is 337 g/mol. The van der Waals surface area contributed by atoms with Crippen molar-refractivity contribution in [1.82, 2.24) is 4.98 Å². The van der Waals surface area contributed by atoms with E-state index in [1.807, 2.05) is 18.2 Å². The lowest BCUT2D eigenvalue weighted by molar-refractivity contribution is 0.394. The Morgan fingerprint density at radius 3 is 2.95 bits per heavy atom. The van der Waals surface area contributed by atoms with Crippen molar-refractivity contribution in [1.29, 1.82) is 0 Å². The number of hydrogen-bond donors (Lipinski definition) is 0. The van der Waals surface area contributed by atoms with Gasteiger partial charge in [-0.25, -0.2) is 4.98 Å². The Hall–Kier alpha value is -1.06. The van der Waals surface area contributed by atoms with Crippen molar-refractivity contribution in [3.63, 3.8) is 0 Å². The van der Waals surface area contributed by atoms with Gasteiger partial charge in [0, 0.05) is 15.6 Å². The van der Waals surface area contributed by atoms with E-state index >= 15 is 0 Å². The third kappa shape index (κ3) is 2.26. The molecule has 1 aliphatic carbocycles. The number of nitrogens with zero attached hydrogens (tertiary/aromatic N) is 1. The summed E-state index contributed by atoms with van der Waals surface area (Å²) in [5, 5.41) is 0.690. The summed E-state index contributed by atoms with van der Waals surface area (Å²) in [6.45, 7) is 0. The van der Waals surface area contributed by atoms with Gasteiger partial charge in [-0.05, 0) is 52.9 Å². The Kier molecular flexibility index (Phi) is 3.50. The highest BCUT2D eigenvalue weighted by Crippen LogP contribution is 2.37. The molecule has 0 bridgehead atoms. The van der Waals surface area contributed by atoms with Crippen molar-refractivity contribution >= 4 is 27.5 Å². The van der Waals surface area contributed by atoms with E-state index in [-0.39, 0.29) is 0 Å². The van der Waals surface area contributed by atoms with Crippen LogP contribution in [0.25, 0.3) is 11.3 Å². The fourth-order valence-electron chi connectivity index (χ4n) is 2.55. The molecule has 3 rings (SSSR count). The highest BCUT2D eigenvalue weighted by atomic mass is 79.9. The maximum Gasteiger partial charge on any atom is 0.217 e. The second-order valence-electron chi connectivity index (χ2n) is 4.61. The first-order chi connectivity index (χ1) is 9.20. The van der Waals surface area contributed by atoms with Gasteiger partial charge in [-0.2, -0.15) is 0 Å². The lowest BCUT2D eigenvalue weighted by Crippen LogP contribution is -1.97. The number of rotatable bonds is 2. The van der Waals surface area contributed by atoms with E-state index in [0.717, 1.165) is 34.5 Å². The number of aromatic nitrogens is 1. The van der Waals surface area contributed by atoms with Gasteiger partial charge in [0.15, 0.2) is 0 Å². The van der Waals surface area contributed by atoms with E-state index in [0.29, 0.717) is 5.02 Å². The third-order valence-corrected chi connectivity index (χ3v) is 4.77. The number of aryl methyl sites for hydroxylation is 1. The quantitative estimate of drug-likeness (QED) is 0.794. The van der Waals surface area contributed by atoms with E-state index in [1.54, 1.807) is 7.11 Å². The molecule has 0 atom stereocenters. The van der Waals surface area contributed by atoms with Crippen LogP contribution >= 0.6 is 27.5 Å². The molecule has 1 aromatic carbocycles. The second kappa shape index (κ2) is 5.14. The normalized spacial score (nSPS) is 13.4. The molecule has 0 saturated heterocycles. The number of benzene rings is 1. The Labute approximate surface area is 125 Å². The van der Waals surface area contributed by atoms with Crippen LogP contribution in [-0.4, -0.2) is 12.1 Å². The SMILES string of the molecule is COc1nc(-c2cccc(Br)c2Cl)cc2c1CCC2. The second-order valence-corrected chi connectivity index (χ2v) is 5.84. The van der Waals surface area contributed by atoms with Gasteiger partial charge in [0.2, 0.25) is 5.88 Å². The van der Waals surface area contributed by atoms with Crippen LogP contribution in [0.1, 0.15) is 17.5 Å². The van der Waals surface area contributed by atoms with Gasteiger partial charge in [-0.15, -0.1) is 0 Å². The lowest BCUT2D eigenvalue weighted by Gasteiger charge is -2.11. The molecule has 98 valence electrons. The zero-order valence-corrected chi connectivity index (χ0v) is 12.9. The van der Waals surface area contributed by atoms with Crippen molar-refractivity contribution in [2.75, 3.05) is 7.11 Å². The lowest BCUT2D eigenvalue weighted by atomic mass is 10.1. The van der Waals surface area contributed by atoms with Crippen molar-refractivity contribution in [2.24, 2.45) is 0 Å². The minimum Gasteiger partial charge on any atom is -0.481 e. The third-order valence-electron chi connectivity index (χ3n) is 3.47. The highest BCUT2D eigenvalue weighted by Gasteiger charge is 2.19. The largest absolute Gasteiger partial charge is 0.481 e. The first kappa shape index (κ1) is 12.9. The number of halogens is 2. The van der Waals surface area contributed by atoms with Crippen LogP contribution in [0.15, 0.2) is 28.7 Å². The van der Waals surface area contributed by atoms with Crippen molar-refractivity contribution in [3.05, 3.63) is 44.9 Å². The predicted molar refractivity (Wildman–Crippen MR) is 81.0 cm³/mol. The van der Waals surface area contributed by atoms with Crippen molar-refractivity contribution in [3.8, 4) is 17.1 Å². The fraction of sp³-hybridized carbons (Fsp3) is 0.267. The molecule has 0 aliphatic heterocycles. The molecule has 2 aromatic rings. The average molecular weight is 339 g/mol. The Morgan fingerprint density at radius 1 is 1.32 bits per heavy atom. The molecule has 19 heavy (non-hydrogen) atoms. The minimum atomic E-state index is 0.690. The molecule has 1 aromatic heterocycles. The first-order valence-electron chi connectivity index (χ1n) is 6.22. The molecular formula is C15H13BrClNO. The maximum absolute atomic E-state index is 6.35. The zero-order valence-electron chi connectivity index (χ0n) is 10.5. The Bertz CT molecular complexity index is 642. The molecule has 0 spiro atoms. The molecule has 0 fully saturated rings. The van der Waals surface area contributed by atoms with E-state index in [9.17, 15) is 0 Å². The fourth-order valence-corrected chi connectivity index (χ4v) is 3.14. The Morgan fingerprint density at radius 2 is 2.16 bits per heavy atom. The number of pyridine rings is 1. The Balaban J connectivity index is 2.18. The zero-order chi connectivity index (χ0) is 13.4. The standard InChI is InChI=1S/C15H13BrClNO/c1-19-15-10-5-2-4-9(10)8-13(18-15)11-6-3-7-12(16)14(11)17/h3,6-8H,2,4-5H2,1H3. The van der Waals surface area contributed by atoms with Gasteiger partial charge in [0.05, 0.1) is 17.8 Å². The highest BCUT2D eigenvalue weighted by molar-refractivity contribution is 9.10. The summed E-state index contributed by atoms with van der Waals surface area (Å²) < 4.78 is 6.31. The maximum atomic E-state index is 6.35. The molecule has 2 nitrogen and oxygen atoms in total. The first-order valence-corrected chi connectivity index (χ1v) is 7.39. The summed E-state index contributed by atoms with van der Waals surface area (Å²) >= 11 is 9.80. The predicted octanol–water partition coefficient (Wildman–Crippen LogP) is 4.66. The van der Waals surface area contributed by atoms with Crippen LogP contribution < -0.4 is 4.74 Å². The van der Waals surface area contributed by atoms with Gasteiger partial charge in [0.1, 0.15) is 0 Å². The molecule has 0 saturated carbocycles.